The van der Waals surface area contributed by atoms with Gasteiger partial charge >= 0.3 is 0 Å². The average Bonchev–Trinajstić information content (AvgIpc) is 0.722. The van der Waals surface area contributed by atoms with Crippen LogP contribution in [0.1, 0.15) is 0 Å². The van der Waals surface area contributed by atoms with Gasteiger partial charge in [0.15, 0.2) is 0 Å². The highest BCUT2D eigenvalue weighted by molar-refractivity contribution is 3.78. The van der Waals surface area contributed by atoms with E-state index in [0.29, 0.717) is 0 Å². The van der Waals surface area contributed by atoms with E-state index >= 15 is 0 Å². The fourth-order valence-corrected chi connectivity index (χ4v) is 0. The van der Waals surface area contributed by atoms with Gasteiger partial charge in [-0.25, -0.2) is 0 Å². The third-order valence-electron chi connectivity index (χ3n) is 0. The van der Waals surface area contributed by atoms with Crippen LogP contribution >= 0.6 is 0 Å². The predicted molar refractivity (Wildman–Crippen MR) is 6.95 cm³/mol. The van der Waals surface area contributed by atoms with Crippen molar-refractivity contribution in [2.45, 2.75) is 0 Å². The van der Waals surface area contributed by atoms with Crippen LogP contribution < -0.4 is 0 Å². The third-order valence-corrected chi connectivity index (χ3v) is 0. The summed E-state index contributed by atoms with van der Waals surface area (Å²) in [7, 11) is 0. The van der Waals surface area contributed by atoms with Crippen LogP contribution in [0.2, 0.25) is 0 Å². The van der Waals surface area contributed by atoms with E-state index in [-0.39, 0.29) is 0 Å². The summed E-state index contributed by atoms with van der Waals surface area (Å²) in [5, 5.41) is 3.29. The highest BCUT2D eigenvalue weighted by Crippen LogP contribution is 2.03. The summed E-state index contributed by atoms with van der Waals surface area (Å²) >= 11 is 0. The summed E-state index contributed by atoms with van der Waals surface area (Å²) < 4.78 is 29.2. The van der Waals surface area contributed by atoms with Crippen molar-refractivity contribution in [2.24, 2.45) is 0 Å². The van der Waals surface area contributed by atoms with Gasteiger partial charge in [-0.3, -0.25) is 0 Å². The SMILES string of the molecule is [O-][N+](F)(F)F. The lowest BCUT2D eigenvalue weighted by molar-refractivity contribution is -1.24. The molecule has 0 fully saturated rings. The van der Waals surface area contributed by atoms with Gasteiger partial charge < -0.3 is 5.21 Å². The molecule has 0 heterocycles. The molecule has 2 nitrogen and oxygen atoms in total. The molecule has 0 bridgehead atoms. The molecule has 5 heavy (non-hydrogen) atoms. The minimum Gasteiger partial charge on any atom is -0.511 e. The number of hydrogen-bond donors (Lipinski definition) is 0. The second-order valence-electron chi connectivity index (χ2n) is 0.399. The molecule has 0 amide bonds. The van der Waals surface area contributed by atoms with E-state index in [1.165, 1.54) is 0 Å². The standard InChI is InChI=1S/F3NO/c1-4(2,3)5. The maximum atomic E-state index is 9.74. The van der Waals surface area contributed by atoms with Crippen molar-refractivity contribution in [3.05, 3.63) is 5.21 Å². The zero-order chi connectivity index (χ0) is 4.50. The topological polar surface area (TPSA) is 23.1 Å². The second kappa shape index (κ2) is 0.836. The minimum absolute atomic E-state index is 4.75. The molecular weight excluding hydrogens is 87.0 g/mol. The molecule has 32 valence electrons. The first-order valence-corrected chi connectivity index (χ1v) is 0.690. The molecule has 0 radical (unpaired) electrons. The van der Waals surface area contributed by atoms with Gasteiger partial charge in [-0.1, -0.05) is 0 Å². The van der Waals surface area contributed by atoms with E-state index in [1.807, 2.05) is 0 Å². The van der Waals surface area contributed by atoms with Crippen molar-refractivity contribution in [3.63, 3.8) is 0 Å². The fourth-order valence-electron chi connectivity index (χ4n) is 0. The molecule has 0 aliphatic rings. The van der Waals surface area contributed by atoms with Gasteiger partial charge in [0.1, 0.15) is 0 Å². The summed E-state index contributed by atoms with van der Waals surface area (Å²) in [6, 6.07) is 0. The molecule has 0 saturated carbocycles. The van der Waals surface area contributed by atoms with Crippen LogP contribution in [-0.2, 0) is 0 Å². The van der Waals surface area contributed by atoms with Crippen molar-refractivity contribution in [1.29, 1.82) is 0 Å². The summed E-state index contributed by atoms with van der Waals surface area (Å²) in [4.78, 5) is 0. The first kappa shape index (κ1) is 4.71. The van der Waals surface area contributed by atoms with Crippen molar-refractivity contribution < 1.29 is 18.8 Å². The van der Waals surface area contributed by atoms with Crippen molar-refractivity contribution in [2.75, 3.05) is 0 Å². The van der Waals surface area contributed by atoms with E-state index in [0.717, 1.165) is 0 Å². The number of quaternary nitrogens is 1. The summed E-state index contributed by atoms with van der Waals surface area (Å²) in [6.45, 7) is 0. The van der Waals surface area contributed by atoms with E-state index in [2.05, 4.69) is 0 Å². The molecule has 0 saturated heterocycles. The zero-order valence-electron chi connectivity index (χ0n) is 1.99. The summed E-state index contributed by atoms with van der Waals surface area (Å²) in [5.41, 5.74) is 0. The van der Waals surface area contributed by atoms with E-state index in [9.17, 15) is 13.4 Å². The Balaban J connectivity index is 3.02. The van der Waals surface area contributed by atoms with E-state index in [4.69, 9.17) is 5.21 Å². The lowest BCUT2D eigenvalue weighted by atomic mass is 13.1. The smallest absolute Gasteiger partial charge is 0.234 e. The van der Waals surface area contributed by atoms with Crippen molar-refractivity contribution >= 4 is 0 Å². The summed E-state index contributed by atoms with van der Waals surface area (Å²) in [6.07, 6.45) is 0. The van der Waals surface area contributed by atoms with Crippen LogP contribution in [0.5, 0.6) is 0 Å². The van der Waals surface area contributed by atoms with Crippen LogP contribution in [0, 0.1) is 5.21 Å². The molecule has 0 N–H and O–H groups in total. The number of hydrogen-bond acceptors (Lipinski definition) is 1. The van der Waals surface area contributed by atoms with Crippen molar-refractivity contribution in [3.8, 4) is 0 Å². The fraction of sp³-hybridized carbons (Fsp3) is 0. The van der Waals surface area contributed by atoms with Gasteiger partial charge in [-0.2, -0.15) is 0 Å². The molecule has 0 unspecified atom stereocenters. The Morgan fingerprint density at radius 3 is 1.20 bits per heavy atom. The molecule has 0 rings (SSSR count). The van der Waals surface area contributed by atoms with Gasteiger partial charge in [-0.15, -0.1) is 0 Å². The van der Waals surface area contributed by atoms with Crippen LogP contribution in [0.4, 0.5) is 13.4 Å². The molecular formula is F3NO. The second-order valence-corrected chi connectivity index (χ2v) is 0.399. The quantitative estimate of drug-likeness (QED) is 0.318. The molecule has 5 heteroatoms. The van der Waals surface area contributed by atoms with Gasteiger partial charge in [0.2, 0.25) is 5.31 Å². The monoisotopic (exact) mass is 87.0 g/mol. The lowest BCUT2D eigenvalue weighted by Crippen LogP contribution is -2.04. The third kappa shape index (κ3) is 129. The van der Waals surface area contributed by atoms with E-state index in [1.54, 1.807) is 0 Å². The highest BCUT2D eigenvalue weighted by atomic mass is 19.6. The molecule has 0 aromatic heterocycles. The van der Waals surface area contributed by atoms with Crippen LogP contribution in [0.25, 0.3) is 0 Å². The Bertz CT molecular complexity index is 22.4. The van der Waals surface area contributed by atoms with Crippen LogP contribution in [0.3, 0.4) is 0 Å². The Morgan fingerprint density at radius 2 is 1.20 bits per heavy atom. The highest BCUT2D eigenvalue weighted by Gasteiger charge is 2.11. The molecule has 0 spiro atoms. The summed E-state index contributed by atoms with van der Waals surface area (Å²) in [5.74, 6) is 0. The normalized spacial score (nSPS) is 12.0. The zero-order valence-corrected chi connectivity index (χ0v) is 1.99. The predicted octanol–water partition coefficient (Wildman–Crippen LogP) is 0.955. The Morgan fingerprint density at radius 1 is 1.20 bits per heavy atom. The van der Waals surface area contributed by atoms with Gasteiger partial charge in [0.25, 0.3) is 0 Å². The average molecular weight is 87.0 g/mol. The largest absolute Gasteiger partial charge is 0.511 e. The van der Waals surface area contributed by atoms with Crippen LogP contribution in [-0.4, -0.2) is 5.31 Å². The first-order valence-electron chi connectivity index (χ1n) is 0.690. The molecule has 0 aliphatic heterocycles. The molecule has 0 aromatic rings. The van der Waals surface area contributed by atoms with Gasteiger partial charge in [0.05, 0.1) is 13.4 Å². The Hall–Kier alpha value is -0.290. The Labute approximate surface area is 25.4 Å². The molecule has 0 atom stereocenters. The molecule has 0 aromatic carbocycles. The number of rotatable bonds is 0. The Kier molecular flexibility index (Phi) is 0.787. The van der Waals surface area contributed by atoms with Gasteiger partial charge in [0, 0.05) is 0 Å². The number of nitrogens with zero attached hydrogens (tertiary/aromatic N) is 1. The van der Waals surface area contributed by atoms with Crippen molar-refractivity contribution in [1.82, 2.24) is 0 Å². The number of halogens is 3. The maximum Gasteiger partial charge on any atom is 0.234 e. The molecule has 0 aliphatic carbocycles. The minimum atomic E-state index is -4.75. The van der Waals surface area contributed by atoms with Crippen LogP contribution in [0.15, 0.2) is 0 Å². The van der Waals surface area contributed by atoms with Gasteiger partial charge in [-0.05, 0) is 0 Å². The van der Waals surface area contributed by atoms with E-state index < -0.39 is 5.31 Å². The maximum absolute atomic E-state index is 9.74. The first-order chi connectivity index (χ1) is 2.00. The lowest BCUT2D eigenvalue weighted by Gasteiger charge is -1.94.